The molecule has 7 heteroatoms. The molecule has 27 heavy (non-hydrogen) atoms. The van der Waals surface area contributed by atoms with Crippen LogP contribution >= 0.6 is 0 Å². The molecule has 0 aliphatic rings. The maximum atomic E-state index is 13.1. The van der Waals surface area contributed by atoms with E-state index in [1.54, 1.807) is 18.2 Å². The number of ether oxygens (including phenoxy) is 1. The van der Waals surface area contributed by atoms with E-state index < -0.39 is 10.0 Å². The second kappa shape index (κ2) is 9.89. The number of rotatable bonds is 10. The number of hydrogen-bond acceptors (Lipinski definition) is 4. The van der Waals surface area contributed by atoms with E-state index >= 15 is 0 Å². The molecule has 0 aliphatic carbocycles. The van der Waals surface area contributed by atoms with Crippen molar-refractivity contribution in [1.82, 2.24) is 9.62 Å². The molecule has 0 aromatic heterocycles. The number of hydrogen-bond donors (Lipinski definition) is 1. The van der Waals surface area contributed by atoms with Crippen LogP contribution in [0.4, 0.5) is 0 Å². The van der Waals surface area contributed by atoms with Gasteiger partial charge in [-0.15, -0.1) is 6.58 Å². The molecule has 0 saturated carbocycles. The van der Waals surface area contributed by atoms with Crippen LogP contribution in [-0.4, -0.2) is 38.3 Å². The Morgan fingerprint density at radius 3 is 2.41 bits per heavy atom. The lowest BCUT2D eigenvalue weighted by Gasteiger charge is -2.22. The topological polar surface area (TPSA) is 75.7 Å². The maximum absolute atomic E-state index is 13.1. The van der Waals surface area contributed by atoms with Gasteiger partial charge in [-0.25, -0.2) is 8.42 Å². The number of sulfonamides is 1. The molecule has 1 N–H and O–H groups in total. The fourth-order valence-corrected chi connectivity index (χ4v) is 3.82. The number of amides is 1. The molecule has 0 spiro atoms. The van der Waals surface area contributed by atoms with Gasteiger partial charge in [0.2, 0.25) is 15.9 Å². The van der Waals surface area contributed by atoms with Crippen molar-refractivity contribution in [2.75, 3.05) is 19.7 Å². The van der Waals surface area contributed by atoms with Crippen LogP contribution < -0.4 is 10.1 Å². The zero-order valence-electron chi connectivity index (χ0n) is 15.3. The van der Waals surface area contributed by atoms with Gasteiger partial charge in [0.15, 0.2) is 0 Å². The second-order valence-electron chi connectivity index (χ2n) is 5.76. The van der Waals surface area contributed by atoms with Crippen LogP contribution in [0.5, 0.6) is 5.75 Å². The predicted molar refractivity (Wildman–Crippen MR) is 105 cm³/mol. The maximum Gasteiger partial charge on any atom is 0.243 e. The molecule has 0 atom stereocenters. The zero-order chi connectivity index (χ0) is 19.7. The van der Waals surface area contributed by atoms with Crippen molar-refractivity contribution >= 4 is 15.9 Å². The molecule has 0 radical (unpaired) electrons. The molecule has 144 valence electrons. The van der Waals surface area contributed by atoms with Crippen LogP contribution in [0.1, 0.15) is 12.5 Å². The first kappa shape index (κ1) is 20.7. The van der Waals surface area contributed by atoms with E-state index in [4.69, 9.17) is 4.74 Å². The monoisotopic (exact) mass is 388 g/mol. The first-order chi connectivity index (χ1) is 13.0. The highest BCUT2D eigenvalue weighted by molar-refractivity contribution is 7.89. The van der Waals surface area contributed by atoms with Crippen molar-refractivity contribution in [2.24, 2.45) is 0 Å². The average Bonchev–Trinajstić information content (AvgIpc) is 2.67. The summed E-state index contributed by atoms with van der Waals surface area (Å²) < 4.78 is 32.7. The summed E-state index contributed by atoms with van der Waals surface area (Å²) in [5.74, 6) is 0.204. The lowest BCUT2D eigenvalue weighted by atomic mass is 10.2. The summed E-state index contributed by atoms with van der Waals surface area (Å²) in [5, 5.41) is 2.61. The van der Waals surface area contributed by atoms with E-state index in [9.17, 15) is 13.2 Å². The largest absolute Gasteiger partial charge is 0.494 e. The third-order valence-corrected chi connectivity index (χ3v) is 5.54. The quantitative estimate of drug-likeness (QED) is 0.635. The first-order valence-electron chi connectivity index (χ1n) is 8.62. The molecule has 0 aliphatic heterocycles. The first-order valence-corrected chi connectivity index (χ1v) is 10.1. The standard InChI is InChI=1S/C20H24N2O4S/c1-3-14-21-20(23)16-22(15-17-8-6-5-7-9-17)27(24,25)19-12-10-18(11-13-19)26-4-2/h3,5-13H,1,4,14-16H2,2H3,(H,21,23). The Labute approximate surface area is 160 Å². The molecule has 0 heterocycles. The van der Waals surface area contributed by atoms with Crippen molar-refractivity contribution in [3.8, 4) is 5.75 Å². The van der Waals surface area contributed by atoms with Gasteiger partial charge < -0.3 is 10.1 Å². The molecule has 2 aromatic carbocycles. The molecule has 2 rings (SSSR count). The molecule has 0 saturated heterocycles. The minimum absolute atomic E-state index is 0.0951. The van der Waals surface area contributed by atoms with Crippen molar-refractivity contribution in [1.29, 1.82) is 0 Å². The summed E-state index contributed by atoms with van der Waals surface area (Å²) in [6, 6.07) is 15.3. The Hall–Kier alpha value is -2.64. The fraction of sp³-hybridized carbons (Fsp3) is 0.250. The van der Waals surface area contributed by atoms with Crippen molar-refractivity contribution in [3.63, 3.8) is 0 Å². The molecule has 1 amide bonds. The summed E-state index contributed by atoms with van der Waals surface area (Å²) in [4.78, 5) is 12.2. The van der Waals surface area contributed by atoms with E-state index in [-0.39, 0.29) is 30.4 Å². The summed E-state index contributed by atoms with van der Waals surface area (Å²) in [6.45, 7) is 5.99. The van der Waals surface area contributed by atoms with Crippen molar-refractivity contribution in [3.05, 3.63) is 72.8 Å². The summed E-state index contributed by atoms with van der Waals surface area (Å²) in [5.41, 5.74) is 0.795. The van der Waals surface area contributed by atoms with E-state index in [1.165, 1.54) is 12.1 Å². The van der Waals surface area contributed by atoms with Gasteiger partial charge in [-0.3, -0.25) is 4.79 Å². The SMILES string of the molecule is C=CCNC(=O)CN(Cc1ccccc1)S(=O)(=O)c1ccc(OCC)cc1. The average molecular weight is 388 g/mol. The minimum Gasteiger partial charge on any atom is -0.494 e. The van der Waals surface area contributed by atoms with Gasteiger partial charge in [0, 0.05) is 13.1 Å². The van der Waals surface area contributed by atoms with E-state index in [1.807, 2.05) is 37.3 Å². The Morgan fingerprint density at radius 2 is 1.81 bits per heavy atom. The smallest absolute Gasteiger partial charge is 0.243 e. The van der Waals surface area contributed by atoms with E-state index in [0.717, 1.165) is 9.87 Å². The highest BCUT2D eigenvalue weighted by Crippen LogP contribution is 2.21. The lowest BCUT2D eigenvalue weighted by Crippen LogP contribution is -2.40. The molecule has 2 aromatic rings. The lowest BCUT2D eigenvalue weighted by molar-refractivity contribution is -0.121. The molecule has 0 unspecified atom stereocenters. The molecule has 0 fully saturated rings. The van der Waals surface area contributed by atoms with Gasteiger partial charge in [0.05, 0.1) is 18.0 Å². The third kappa shape index (κ3) is 5.94. The van der Waals surface area contributed by atoms with Crippen LogP contribution in [0.2, 0.25) is 0 Å². The summed E-state index contributed by atoms with van der Waals surface area (Å²) >= 11 is 0. The number of nitrogens with one attached hydrogen (secondary N) is 1. The molecule has 0 bridgehead atoms. The van der Waals surface area contributed by atoms with Gasteiger partial charge in [0.25, 0.3) is 0 Å². The Kier molecular flexibility index (Phi) is 7.57. The zero-order valence-corrected chi connectivity index (χ0v) is 16.1. The molecule has 6 nitrogen and oxygen atoms in total. The van der Waals surface area contributed by atoms with Gasteiger partial charge >= 0.3 is 0 Å². The number of nitrogens with zero attached hydrogens (tertiary/aromatic N) is 1. The normalized spacial score (nSPS) is 11.2. The number of carbonyl (C=O) groups excluding carboxylic acids is 1. The van der Waals surface area contributed by atoms with Crippen LogP contribution in [0, 0.1) is 0 Å². The third-order valence-electron chi connectivity index (χ3n) is 3.74. The Bertz CT molecular complexity index is 849. The number of benzene rings is 2. The molecular weight excluding hydrogens is 364 g/mol. The van der Waals surface area contributed by atoms with E-state index in [2.05, 4.69) is 11.9 Å². The fourth-order valence-electron chi connectivity index (χ4n) is 2.44. The second-order valence-corrected chi connectivity index (χ2v) is 7.69. The number of carbonyl (C=O) groups is 1. The van der Waals surface area contributed by atoms with Gasteiger partial charge in [-0.2, -0.15) is 4.31 Å². The van der Waals surface area contributed by atoms with Crippen molar-refractivity contribution < 1.29 is 17.9 Å². The van der Waals surface area contributed by atoms with E-state index in [0.29, 0.717) is 12.4 Å². The van der Waals surface area contributed by atoms with Crippen molar-refractivity contribution in [2.45, 2.75) is 18.4 Å². The Balaban J connectivity index is 2.28. The molecular formula is C20H24N2O4S. The predicted octanol–water partition coefficient (Wildman–Crippen LogP) is 2.58. The Morgan fingerprint density at radius 1 is 1.15 bits per heavy atom. The van der Waals surface area contributed by atoms with Crippen LogP contribution in [0.15, 0.2) is 72.1 Å². The van der Waals surface area contributed by atoms with Crippen LogP contribution in [0.3, 0.4) is 0 Å². The summed E-state index contributed by atoms with van der Waals surface area (Å²) in [6.07, 6.45) is 1.54. The van der Waals surface area contributed by atoms with Gasteiger partial charge in [-0.1, -0.05) is 36.4 Å². The highest BCUT2D eigenvalue weighted by atomic mass is 32.2. The summed E-state index contributed by atoms with van der Waals surface area (Å²) in [7, 11) is -3.86. The minimum atomic E-state index is -3.86. The highest BCUT2D eigenvalue weighted by Gasteiger charge is 2.26. The van der Waals surface area contributed by atoms with Gasteiger partial charge in [0.1, 0.15) is 5.75 Å². The van der Waals surface area contributed by atoms with Crippen LogP contribution in [0.25, 0.3) is 0 Å². The van der Waals surface area contributed by atoms with Gasteiger partial charge in [-0.05, 0) is 36.8 Å². The van der Waals surface area contributed by atoms with Crippen LogP contribution in [-0.2, 0) is 21.4 Å².